The largest absolute Gasteiger partial charge is 0.369 e. The number of likely N-dealkylation sites (tertiary alicyclic amines) is 1. The Bertz CT molecular complexity index is 426. The number of rotatable bonds is 3. The van der Waals surface area contributed by atoms with Gasteiger partial charge in [-0.3, -0.25) is 9.69 Å². The number of amides is 1. The lowest BCUT2D eigenvalue weighted by molar-refractivity contribution is -0.120. The molecule has 0 radical (unpaired) electrons. The number of hydrogen-bond acceptors (Lipinski definition) is 4. The highest BCUT2D eigenvalue weighted by Crippen LogP contribution is 2.28. The lowest BCUT2D eigenvalue weighted by Crippen LogP contribution is -2.40. The van der Waals surface area contributed by atoms with Crippen LogP contribution in [0.1, 0.15) is 42.5 Å². The van der Waals surface area contributed by atoms with Gasteiger partial charge in [0.25, 0.3) is 0 Å². The first-order valence-corrected chi connectivity index (χ1v) is 6.41. The van der Waals surface area contributed by atoms with E-state index in [-0.39, 0.29) is 11.9 Å². The number of hydrogen-bond donors (Lipinski definition) is 1. The molecule has 0 bridgehead atoms. The summed E-state index contributed by atoms with van der Waals surface area (Å²) in [6, 6.07) is 2.09. The molecule has 2 rings (SSSR count). The van der Waals surface area contributed by atoms with E-state index in [2.05, 4.69) is 14.9 Å². The van der Waals surface area contributed by atoms with Crippen molar-refractivity contribution in [2.24, 2.45) is 5.73 Å². The Morgan fingerprint density at radius 1 is 1.39 bits per heavy atom. The fraction of sp³-hybridized carbons (Fsp3) is 0.615. The molecule has 18 heavy (non-hydrogen) atoms. The Morgan fingerprint density at radius 3 is 2.67 bits per heavy atom. The standard InChI is InChI=1S/C13H20N4O/c1-9-7-10(2)16-13(15-9)11-5-3-4-6-17(11)8-12(14)18/h7,11H,3-6,8H2,1-2H3,(H2,14,18). The highest BCUT2D eigenvalue weighted by atomic mass is 16.1. The van der Waals surface area contributed by atoms with Crippen LogP contribution in [0.25, 0.3) is 0 Å². The minimum atomic E-state index is -0.286. The third-order valence-corrected chi connectivity index (χ3v) is 3.27. The molecule has 0 aromatic carbocycles. The van der Waals surface area contributed by atoms with Crippen molar-refractivity contribution in [1.29, 1.82) is 0 Å². The second-order valence-electron chi connectivity index (χ2n) is 4.96. The molecule has 1 atom stereocenters. The summed E-state index contributed by atoms with van der Waals surface area (Å²) in [6.45, 7) is 5.13. The fourth-order valence-corrected chi connectivity index (χ4v) is 2.58. The zero-order valence-corrected chi connectivity index (χ0v) is 11.0. The Hall–Kier alpha value is -1.49. The maximum atomic E-state index is 11.1. The molecular formula is C13H20N4O. The number of aryl methyl sites for hydroxylation is 2. The molecule has 1 fully saturated rings. The van der Waals surface area contributed by atoms with E-state index < -0.39 is 0 Å². The van der Waals surface area contributed by atoms with E-state index in [1.54, 1.807) is 0 Å². The van der Waals surface area contributed by atoms with Crippen molar-refractivity contribution >= 4 is 5.91 Å². The Morgan fingerprint density at radius 2 is 2.06 bits per heavy atom. The second kappa shape index (κ2) is 5.44. The lowest BCUT2D eigenvalue weighted by atomic mass is 10.0. The van der Waals surface area contributed by atoms with Crippen LogP contribution in [0.15, 0.2) is 6.07 Å². The van der Waals surface area contributed by atoms with E-state index in [1.165, 1.54) is 0 Å². The zero-order chi connectivity index (χ0) is 13.1. The van der Waals surface area contributed by atoms with Crippen molar-refractivity contribution in [3.05, 3.63) is 23.3 Å². The molecule has 0 aliphatic carbocycles. The normalized spacial score (nSPS) is 20.9. The molecule has 0 spiro atoms. The first-order valence-electron chi connectivity index (χ1n) is 6.41. The Labute approximate surface area is 107 Å². The fourth-order valence-electron chi connectivity index (χ4n) is 2.58. The molecular weight excluding hydrogens is 228 g/mol. The topological polar surface area (TPSA) is 72.1 Å². The molecule has 1 aliphatic heterocycles. The SMILES string of the molecule is Cc1cc(C)nc(C2CCCCN2CC(N)=O)n1. The molecule has 1 aliphatic rings. The van der Waals surface area contributed by atoms with Crippen LogP contribution in [0.5, 0.6) is 0 Å². The van der Waals surface area contributed by atoms with Gasteiger partial charge in [0.15, 0.2) is 0 Å². The van der Waals surface area contributed by atoms with Gasteiger partial charge in [-0.15, -0.1) is 0 Å². The highest BCUT2D eigenvalue weighted by Gasteiger charge is 2.27. The molecule has 98 valence electrons. The van der Waals surface area contributed by atoms with Gasteiger partial charge in [-0.1, -0.05) is 6.42 Å². The van der Waals surface area contributed by atoms with E-state index in [0.29, 0.717) is 6.54 Å². The Kier molecular flexibility index (Phi) is 3.91. The minimum Gasteiger partial charge on any atom is -0.369 e. The summed E-state index contributed by atoms with van der Waals surface area (Å²) in [4.78, 5) is 22.2. The van der Waals surface area contributed by atoms with Gasteiger partial charge in [0, 0.05) is 11.4 Å². The summed E-state index contributed by atoms with van der Waals surface area (Å²) in [6.07, 6.45) is 3.25. The summed E-state index contributed by atoms with van der Waals surface area (Å²) in [5.74, 6) is 0.541. The van der Waals surface area contributed by atoms with E-state index >= 15 is 0 Å². The number of aromatic nitrogens is 2. The molecule has 2 N–H and O–H groups in total. The number of carbonyl (C=O) groups excluding carboxylic acids is 1. The van der Waals surface area contributed by atoms with Crippen LogP contribution in [-0.4, -0.2) is 33.9 Å². The molecule has 1 amide bonds. The van der Waals surface area contributed by atoms with Crippen molar-refractivity contribution < 1.29 is 4.79 Å². The quantitative estimate of drug-likeness (QED) is 0.869. The van der Waals surface area contributed by atoms with Gasteiger partial charge >= 0.3 is 0 Å². The predicted octanol–water partition coefficient (Wildman–Crippen LogP) is 1.11. The number of nitrogens with two attached hydrogens (primary N) is 1. The molecule has 2 heterocycles. The maximum absolute atomic E-state index is 11.1. The monoisotopic (exact) mass is 248 g/mol. The van der Waals surface area contributed by atoms with Gasteiger partial charge in [-0.05, 0) is 39.3 Å². The molecule has 0 saturated carbocycles. The third-order valence-electron chi connectivity index (χ3n) is 3.27. The van der Waals surface area contributed by atoms with Crippen LogP contribution in [0.2, 0.25) is 0 Å². The van der Waals surface area contributed by atoms with Crippen molar-refractivity contribution in [3.8, 4) is 0 Å². The van der Waals surface area contributed by atoms with Gasteiger partial charge in [-0.25, -0.2) is 9.97 Å². The van der Waals surface area contributed by atoms with Crippen LogP contribution in [0, 0.1) is 13.8 Å². The van der Waals surface area contributed by atoms with Crippen molar-refractivity contribution in [2.45, 2.75) is 39.2 Å². The maximum Gasteiger partial charge on any atom is 0.231 e. The smallest absolute Gasteiger partial charge is 0.231 e. The van der Waals surface area contributed by atoms with Crippen molar-refractivity contribution in [3.63, 3.8) is 0 Å². The van der Waals surface area contributed by atoms with Crippen LogP contribution in [0.3, 0.4) is 0 Å². The van der Waals surface area contributed by atoms with Gasteiger partial charge < -0.3 is 5.73 Å². The van der Waals surface area contributed by atoms with Crippen molar-refractivity contribution in [1.82, 2.24) is 14.9 Å². The van der Waals surface area contributed by atoms with Crippen LogP contribution < -0.4 is 5.73 Å². The summed E-state index contributed by atoms with van der Waals surface area (Å²) in [7, 11) is 0. The number of primary amides is 1. The summed E-state index contributed by atoms with van der Waals surface area (Å²) >= 11 is 0. The highest BCUT2D eigenvalue weighted by molar-refractivity contribution is 5.76. The summed E-state index contributed by atoms with van der Waals surface area (Å²) in [5.41, 5.74) is 7.25. The van der Waals surface area contributed by atoms with Gasteiger partial charge in [0.1, 0.15) is 5.82 Å². The van der Waals surface area contributed by atoms with Gasteiger partial charge in [0.05, 0.1) is 12.6 Å². The molecule has 5 nitrogen and oxygen atoms in total. The van der Waals surface area contributed by atoms with E-state index in [0.717, 1.165) is 43.0 Å². The molecule has 1 unspecified atom stereocenters. The predicted molar refractivity (Wildman–Crippen MR) is 68.9 cm³/mol. The molecule has 1 aromatic rings. The van der Waals surface area contributed by atoms with E-state index in [9.17, 15) is 4.79 Å². The first-order chi connectivity index (χ1) is 8.56. The molecule has 1 aromatic heterocycles. The second-order valence-corrected chi connectivity index (χ2v) is 4.96. The lowest BCUT2D eigenvalue weighted by Gasteiger charge is -2.33. The first kappa shape index (κ1) is 13.0. The average Bonchev–Trinajstić information content (AvgIpc) is 2.27. The van der Waals surface area contributed by atoms with Crippen LogP contribution in [0.4, 0.5) is 0 Å². The average molecular weight is 248 g/mol. The van der Waals surface area contributed by atoms with Crippen LogP contribution >= 0.6 is 0 Å². The van der Waals surface area contributed by atoms with Gasteiger partial charge in [0.2, 0.25) is 5.91 Å². The van der Waals surface area contributed by atoms with Gasteiger partial charge in [-0.2, -0.15) is 0 Å². The van der Waals surface area contributed by atoms with Crippen molar-refractivity contribution in [2.75, 3.05) is 13.1 Å². The number of nitrogens with zero attached hydrogens (tertiary/aromatic N) is 3. The van der Waals surface area contributed by atoms with E-state index in [1.807, 2.05) is 19.9 Å². The summed E-state index contributed by atoms with van der Waals surface area (Å²) < 4.78 is 0. The van der Waals surface area contributed by atoms with Crippen LogP contribution in [-0.2, 0) is 4.79 Å². The number of piperidine rings is 1. The third kappa shape index (κ3) is 3.04. The molecule has 5 heteroatoms. The Balaban J connectivity index is 2.24. The zero-order valence-electron chi connectivity index (χ0n) is 11.0. The van der Waals surface area contributed by atoms with E-state index in [4.69, 9.17) is 5.73 Å². The number of carbonyl (C=O) groups is 1. The summed E-state index contributed by atoms with van der Waals surface area (Å²) in [5, 5.41) is 0. The minimum absolute atomic E-state index is 0.129. The molecule has 1 saturated heterocycles.